The second-order valence-electron chi connectivity index (χ2n) is 2.78. The van der Waals surface area contributed by atoms with E-state index in [-0.39, 0.29) is 6.03 Å². The second kappa shape index (κ2) is 2.90. The molecule has 0 aromatic carbocycles. The molecule has 2 N–H and O–H groups in total. The fourth-order valence-corrected chi connectivity index (χ4v) is 1.11. The number of amides is 2. The van der Waals surface area contributed by atoms with E-state index >= 15 is 0 Å². The highest BCUT2D eigenvalue weighted by Crippen LogP contribution is 2.17. The maximum atomic E-state index is 10.6. The highest BCUT2D eigenvalue weighted by Gasteiger charge is 2.17. The Balaban J connectivity index is 2.33. The van der Waals surface area contributed by atoms with Crippen LogP contribution in [0.1, 0.15) is 19.8 Å². The third kappa shape index (κ3) is 1.62. The lowest BCUT2D eigenvalue weighted by atomic mass is 10.00. The lowest BCUT2D eigenvalue weighted by molar-refractivity contribution is 0.200. The van der Waals surface area contributed by atoms with Gasteiger partial charge >= 0.3 is 6.03 Å². The van der Waals surface area contributed by atoms with Crippen molar-refractivity contribution in [3.8, 4) is 0 Å². The molecule has 0 saturated carbocycles. The zero-order valence-corrected chi connectivity index (χ0v) is 6.26. The third-order valence-corrected chi connectivity index (χ3v) is 1.93. The second-order valence-corrected chi connectivity index (χ2v) is 2.78. The molecule has 1 radical (unpaired) electrons. The van der Waals surface area contributed by atoms with Crippen molar-refractivity contribution in [3.05, 3.63) is 5.92 Å². The maximum absolute atomic E-state index is 10.6. The summed E-state index contributed by atoms with van der Waals surface area (Å²) in [6.07, 6.45) is 2.03. The van der Waals surface area contributed by atoms with Gasteiger partial charge < -0.3 is 10.6 Å². The number of nitrogens with two attached hydrogens (primary N) is 1. The lowest BCUT2D eigenvalue weighted by Gasteiger charge is -2.28. The van der Waals surface area contributed by atoms with Crippen LogP contribution < -0.4 is 5.73 Å². The molecule has 0 aromatic heterocycles. The normalized spacial score (nSPS) is 21.1. The Bertz CT molecular complexity index is 128. The molecule has 3 heteroatoms. The van der Waals surface area contributed by atoms with Crippen LogP contribution in [0.15, 0.2) is 0 Å². The molecule has 57 valence electrons. The van der Waals surface area contributed by atoms with Gasteiger partial charge in [-0.15, -0.1) is 0 Å². The van der Waals surface area contributed by atoms with Gasteiger partial charge in [0.25, 0.3) is 0 Å². The summed E-state index contributed by atoms with van der Waals surface area (Å²) in [5.41, 5.74) is 5.09. The molecule has 10 heavy (non-hydrogen) atoms. The number of hydrogen-bond donors (Lipinski definition) is 1. The van der Waals surface area contributed by atoms with Crippen LogP contribution in [-0.2, 0) is 0 Å². The van der Waals surface area contributed by atoms with Gasteiger partial charge in [0.15, 0.2) is 0 Å². The minimum absolute atomic E-state index is 0.285. The maximum Gasteiger partial charge on any atom is 0.314 e. The van der Waals surface area contributed by atoms with E-state index in [0.717, 1.165) is 25.9 Å². The zero-order chi connectivity index (χ0) is 7.56. The van der Waals surface area contributed by atoms with Gasteiger partial charge in [-0.05, 0) is 18.8 Å². The number of primary amides is 1. The van der Waals surface area contributed by atoms with E-state index in [1.54, 1.807) is 4.90 Å². The Hall–Kier alpha value is -0.730. The van der Waals surface area contributed by atoms with Crippen LogP contribution in [0.4, 0.5) is 4.79 Å². The summed E-state index contributed by atoms with van der Waals surface area (Å²) >= 11 is 0. The van der Waals surface area contributed by atoms with Crippen molar-refractivity contribution in [1.29, 1.82) is 0 Å². The molecule has 3 nitrogen and oxygen atoms in total. The molecule has 0 bridgehead atoms. The third-order valence-electron chi connectivity index (χ3n) is 1.93. The molecule has 1 heterocycles. The van der Waals surface area contributed by atoms with Crippen LogP contribution in [0, 0.1) is 5.92 Å². The van der Waals surface area contributed by atoms with Crippen molar-refractivity contribution in [2.45, 2.75) is 19.8 Å². The Labute approximate surface area is 61.2 Å². The summed E-state index contributed by atoms with van der Waals surface area (Å²) in [5.74, 6) is 1.47. The number of rotatable bonds is 0. The van der Waals surface area contributed by atoms with E-state index in [9.17, 15) is 4.79 Å². The van der Waals surface area contributed by atoms with Crippen LogP contribution in [0.25, 0.3) is 0 Å². The van der Waals surface area contributed by atoms with Crippen LogP contribution in [-0.4, -0.2) is 24.0 Å². The van der Waals surface area contributed by atoms with Gasteiger partial charge in [0.1, 0.15) is 0 Å². The summed E-state index contributed by atoms with van der Waals surface area (Å²) in [7, 11) is 0. The minimum Gasteiger partial charge on any atom is -0.351 e. The van der Waals surface area contributed by atoms with Crippen molar-refractivity contribution in [2.24, 2.45) is 5.73 Å². The molecule has 1 aliphatic rings. The van der Waals surface area contributed by atoms with Crippen LogP contribution in [0.2, 0.25) is 0 Å². The first-order chi connectivity index (χ1) is 4.70. The van der Waals surface area contributed by atoms with E-state index < -0.39 is 0 Å². The molecule has 2 amide bonds. The molecule has 0 atom stereocenters. The molecule has 1 aliphatic heterocycles. The van der Waals surface area contributed by atoms with E-state index in [2.05, 4.69) is 6.92 Å². The Morgan fingerprint density at radius 2 is 2.00 bits per heavy atom. The highest BCUT2D eigenvalue weighted by molar-refractivity contribution is 5.72. The summed E-state index contributed by atoms with van der Waals surface area (Å²) in [4.78, 5) is 12.3. The van der Waals surface area contributed by atoms with Crippen molar-refractivity contribution in [1.82, 2.24) is 4.90 Å². The van der Waals surface area contributed by atoms with Crippen molar-refractivity contribution >= 4 is 6.03 Å². The molecule has 1 saturated heterocycles. The molecule has 0 aromatic rings. The van der Waals surface area contributed by atoms with Gasteiger partial charge in [-0.1, -0.05) is 6.92 Å². The Morgan fingerprint density at radius 1 is 1.50 bits per heavy atom. The van der Waals surface area contributed by atoms with Gasteiger partial charge in [0.2, 0.25) is 0 Å². The van der Waals surface area contributed by atoms with Crippen LogP contribution in [0.5, 0.6) is 0 Å². The van der Waals surface area contributed by atoms with Gasteiger partial charge in [0.05, 0.1) is 0 Å². The monoisotopic (exact) mass is 141 g/mol. The van der Waals surface area contributed by atoms with Crippen LogP contribution >= 0.6 is 0 Å². The zero-order valence-electron chi connectivity index (χ0n) is 6.26. The number of urea groups is 1. The summed E-state index contributed by atoms with van der Waals surface area (Å²) < 4.78 is 0. The van der Waals surface area contributed by atoms with E-state index in [1.165, 1.54) is 5.92 Å². The van der Waals surface area contributed by atoms with Gasteiger partial charge in [-0.25, -0.2) is 4.79 Å². The topological polar surface area (TPSA) is 46.3 Å². The predicted molar refractivity (Wildman–Crippen MR) is 39.3 cm³/mol. The summed E-state index contributed by atoms with van der Waals surface area (Å²) in [5, 5.41) is 0. The number of hydrogen-bond acceptors (Lipinski definition) is 1. The first-order valence-electron chi connectivity index (χ1n) is 3.56. The molecule has 0 unspecified atom stereocenters. The fourth-order valence-electron chi connectivity index (χ4n) is 1.11. The number of piperidine rings is 1. The highest BCUT2D eigenvalue weighted by atomic mass is 16.2. The van der Waals surface area contributed by atoms with Gasteiger partial charge in [-0.2, -0.15) is 0 Å². The van der Waals surface area contributed by atoms with E-state index in [4.69, 9.17) is 5.73 Å². The smallest absolute Gasteiger partial charge is 0.314 e. The molecule has 1 rings (SSSR count). The lowest BCUT2D eigenvalue weighted by Crippen LogP contribution is -2.40. The molecular weight excluding hydrogens is 128 g/mol. The predicted octanol–water partition coefficient (Wildman–Crippen LogP) is 0.755. The van der Waals surface area contributed by atoms with Crippen molar-refractivity contribution in [2.75, 3.05) is 13.1 Å². The molecule has 0 spiro atoms. The quantitative estimate of drug-likeness (QED) is 0.531. The number of nitrogens with zero attached hydrogens (tertiary/aromatic N) is 1. The summed E-state index contributed by atoms with van der Waals surface area (Å²) in [6.45, 7) is 3.74. The molecule has 0 aliphatic carbocycles. The SMILES string of the molecule is C[C]1CCN(C(N)=O)CC1. The number of carbonyl (C=O) groups excluding carboxylic acids is 1. The van der Waals surface area contributed by atoms with E-state index in [1.807, 2.05) is 0 Å². The summed E-state index contributed by atoms with van der Waals surface area (Å²) in [6, 6.07) is -0.285. The first-order valence-corrected chi connectivity index (χ1v) is 3.56. The average molecular weight is 141 g/mol. The fraction of sp³-hybridized carbons (Fsp3) is 0.714. The number of likely N-dealkylation sites (tertiary alicyclic amines) is 1. The van der Waals surface area contributed by atoms with Crippen LogP contribution in [0.3, 0.4) is 0 Å². The molecule has 1 fully saturated rings. The van der Waals surface area contributed by atoms with Gasteiger partial charge in [0, 0.05) is 13.1 Å². The minimum atomic E-state index is -0.285. The largest absolute Gasteiger partial charge is 0.351 e. The Morgan fingerprint density at radius 3 is 2.40 bits per heavy atom. The number of carbonyl (C=O) groups is 1. The van der Waals surface area contributed by atoms with Crippen molar-refractivity contribution < 1.29 is 4.79 Å². The van der Waals surface area contributed by atoms with Gasteiger partial charge in [-0.3, -0.25) is 0 Å². The van der Waals surface area contributed by atoms with E-state index in [0.29, 0.717) is 0 Å². The standard InChI is InChI=1S/C7H13N2O/c1-6-2-4-9(5-3-6)7(8)10/h2-5H2,1H3,(H2,8,10). The first kappa shape index (κ1) is 7.38. The van der Waals surface area contributed by atoms with Crippen molar-refractivity contribution in [3.63, 3.8) is 0 Å². The molecular formula is C7H13N2O. The Kier molecular flexibility index (Phi) is 2.14. The average Bonchev–Trinajstić information content (AvgIpc) is 1.88.